The van der Waals surface area contributed by atoms with Crippen LogP contribution in [-0.4, -0.2) is 9.13 Å². The SMILES string of the molecule is [C-]#[N+]c1ccc(-c2ccccc2-c2ccc(-n3c4ccccc4c4cc(C#N)ccc43)c(C#N)c2)c(-n2c3ccccc3c3ccccc32)c1. The molecule has 9 rings (SSSR count). The standard InChI is InChI=1S/C45H25N5/c1-48-32-20-21-38(45(26-32)50-41-15-7-4-12-35(41)36-13-5-8-16-42(36)50)34-11-3-2-10-33(34)30-19-23-40(31(25-30)28-47)49-43-17-9-6-14-37(43)39-24-29(27-46)18-22-44(39)49/h2-26H. The van der Waals surface area contributed by atoms with E-state index in [1.165, 1.54) is 0 Å². The van der Waals surface area contributed by atoms with Crippen LogP contribution >= 0.6 is 0 Å². The average Bonchev–Trinajstić information content (AvgIpc) is 3.70. The molecule has 0 aliphatic heterocycles. The van der Waals surface area contributed by atoms with Gasteiger partial charge in [-0.2, -0.15) is 10.5 Å². The van der Waals surface area contributed by atoms with E-state index in [1.54, 1.807) is 0 Å². The molecule has 0 unspecified atom stereocenters. The number of hydrogen-bond acceptors (Lipinski definition) is 2. The first-order chi connectivity index (χ1) is 24.7. The van der Waals surface area contributed by atoms with Crippen molar-refractivity contribution in [2.45, 2.75) is 0 Å². The second-order valence-electron chi connectivity index (χ2n) is 12.3. The molecule has 2 heterocycles. The summed E-state index contributed by atoms with van der Waals surface area (Å²) in [5.41, 5.74) is 11.3. The molecule has 0 bridgehead atoms. The molecule has 9 aromatic rings. The summed E-state index contributed by atoms with van der Waals surface area (Å²) in [6.07, 6.45) is 0. The van der Waals surface area contributed by atoms with Crippen molar-refractivity contribution in [3.8, 4) is 45.8 Å². The highest BCUT2D eigenvalue weighted by Gasteiger charge is 2.20. The Morgan fingerprint density at radius 1 is 0.460 bits per heavy atom. The summed E-state index contributed by atoms with van der Waals surface area (Å²) in [4.78, 5) is 3.81. The minimum absolute atomic E-state index is 0.537. The molecule has 0 spiro atoms. The molecule has 230 valence electrons. The monoisotopic (exact) mass is 635 g/mol. The third-order valence-electron chi connectivity index (χ3n) is 9.62. The van der Waals surface area contributed by atoms with Crippen molar-refractivity contribution >= 4 is 49.3 Å². The van der Waals surface area contributed by atoms with Gasteiger partial charge in [-0.05, 0) is 71.3 Å². The fourth-order valence-electron chi connectivity index (χ4n) is 7.44. The van der Waals surface area contributed by atoms with Crippen LogP contribution in [0.25, 0.3) is 82.1 Å². The van der Waals surface area contributed by atoms with Crippen molar-refractivity contribution in [3.63, 3.8) is 0 Å². The number of para-hydroxylation sites is 3. The smallest absolute Gasteiger partial charge is 0.189 e. The lowest BCUT2D eigenvalue weighted by molar-refractivity contribution is 1.17. The highest BCUT2D eigenvalue weighted by molar-refractivity contribution is 6.11. The Labute approximate surface area is 288 Å². The lowest BCUT2D eigenvalue weighted by atomic mass is 9.92. The fraction of sp³-hybridized carbons (Fsp3) is 0. The Morgan fingerprint density at radius 3 is 1.68 bits per heavy atom. The Kier molecular flexibility index (Phi) is 6.56. The molecule has 7 aromatic carbocycles. The number of aromatic nitrogens is 2. The van der Waals surface area contributed by atoms with Gasteiger partial charge in [0.25, 0.3) is 0 Å². The molecule has 0 saturated heterocycles. The molecule has 0 aliphatic carbocycles. The first-order valence-electron chi connectivity index (χ1n) is 16.3. The van der Waals surface area contributed by atoms with Crippen molar-refractivity contribution in [1.82, 2.24) is 9.13 Å². The Morgan fingerprint density at radius 2 is 1.04 bits per heavy atom. The maximum absolute atomic E-state index is 10.6. The van der Waals surface area contributed by atoms with E-state index >= 15 is 0 Å². The topological polar surface area (TPSA) is 61.8 Å². The average molecular weight is 636 g/mol. The molecule has 0 N–H and O–H groups in total. The first kappa shape index (κ1) is 28.8. The predicted molar refractivity (Wildman–Crippen MR) is 202 cm³/mol. The second-order valence-corrected chi connectivity index (χ2v) is 12.3. The molecule has 0 aliphatic rings. The number of nitrogens with zero attached hydrogens (tertiary/aromatic N) is 5. The van der Waals surface area contributed by atoms with Gasteiger partial charge in [0.05, 0.1) is 51.5 Å². The molecular weight excluding hydrogens is 611 g/mol. The van der Waals surface area contributed by atoms with Gasteiger partial charge in [0.15, 0.2) is 5.69 Å². The van der Waals surface area contributed by atoms with Crippen molar-refractivity contribution in [1.29, 1.82) is 10.5 Å². The first-order valence-corrected chi connectivity index (χ1v) is 16.3. The van der Waals surface area contributed by atoms with Crippen LogP contribution in [0.1, 0.15) is 11.1 Å². The van der Waals surface area contributed by atoms with Crippen LogP contribution in [0.4, 0.5) is 5.69 Å². The van der Waals surface area contributed by atoms with E-state index < -0.39 is 0 Å². The summed E-state index contributed by atoms with van der Waals surface area (Å²) in [6, 6.07) is 55.5. The van der Waals surface area contributed by atoms with Gasteiger partial charge in [-0.3, -0.25) is 0 Å². The summed E-state index contributed by atoms with van der Waals surface area (Å²) >= 11 is 0. The van der Waals surface area contributed by atoms with Crippen LogP contribution in [0.5, 0.6) is 0 Å². The van der Waals surface area contributed by atoms with Crippen LogP contribution in [-0.2, 0) is 0 Å². The molecule has 5 nitrogen and oxygen atoms in total. The summed E-state index contributed by atoms with van der Waals surface area (Å²) in [7, 11) is 0. The number of hydrogen-bond donors (Lipinski definition) is 0. The number of fused-ring (bicyclic) bond motifs is 6. The molecule has 5 heteroatoms. The van der Waals surface area contributed by atoms with Crippen LogP contribution in [0, 0.1) is 29.2 Å². The third kappa shape index (κ3) is 4.31. The lowest BCUT2D eigenvalue weighted by Crippen LogP contribution is -1.99. The quantitative estimate of drug-likeness (QED) is 0.181. The minimum atomic E-state index is 0.537. The Bertz CT molecular complexity index is 2920. The van der Waals surface area contributed by atoms with Gasteiger partial charge in [-0.25, -0.2) is 4.85 Å². The van der Waals surface area contributed by atoms with E-state index in [0.29, 0.717) is 16.8 Å². The van der Waals surface area contributed by atoms with Crippen molar-refractivity contribution in [2.24, 2.45) is 0 Å². The summed E-state index contributed by atoms with van der Waals surface area (Å²) in [5.74, 6) is 0. The minimum Gasteiger partial charge on any atom is -0.310 e. The van der Waals surface area contributed by atoms with Crippen LogP contribution in [0.3, 0.4) is 0 Å². The third-order valence-corrected chi connectivity index (χ3v) is 9.62. The molecule has 0 saturated carbocycles. The highest BCUT2D eigenvalue weighted by Crippen LogP contribution is 2.42. The number of benzene rings is 7. The van der Waals surface area contributed by atoms with Gasteiger partial charge in [0.2, 0.25) is 0 Å². The molecule has 50 heavy (non-hydrogen) atoms. The van der Waals surface area contributed by atoms with Gasteiger partial charge in [0, 0.05) is 32.8 Å². The van der Waals surface area contributed by atoms with Gasteiger partial charge in [-0.15, -0.1) is 0 Å². The largest absolute Gasteiger partial charge is 0.310 e. The highest BCUT2D eigenvalue weighted by atomic mass is 15.0. The fourth-order valence-corrected chi connectivity index (χ4v) is 7.44. The second kappa shape index (κ2) is 11.4. The van der Waals surface area contributed by atoms with E-state index in [2.05, 4.69) is 105 Å². The molecular formula is C45H25N5. The predicted octanol–water partition coefficient (Wildman–Crippen LogP) is 11.5. The van der Waals surface area contributed by atoms with Crippen LogP contribution in [0.2, 0.25) is 0 Å². The number of nitriles is 2. The van der Waals surface area contributed by atoms with Gasteiger partial charge in [0.1, 0.15) is 6.07 Å². The molecule has 0 radical (unpaired) electrons. The normalized spacial score (nSPS) is 11.1. The molecule has 0 atom stereocenters. The van der Waals surface area contributed by atoms with Gasteiger partial charge in [-0.1, -0.05) is 97.1 Å². The van der Waals surface area contributed by atoms with E-state index in [9.17, 15) is 10.5 Å². The zero-order valence-corrected chi connectivity index (χ0v) is 26.7. The zero-order chi connectivity index (χ0) is 33.8. The number of rotatable bonds is 4. The van der Waals surface area contributed by atoms with E-state index in [4.69, 9.17) is 6.57 Å². The van der Waals surface area contributed by atoms with Gasteiger partial charge < -0.3 is 9.13 Å². The summed E-state index contributed by atoms with van der Waals surface area (Å²) < 4.78 is 4.37. The van der Waals surface area contributed by atoms with E-state index in [0.717, 1.165) is 77.2 Å². The summed E-state index contributed by atoms with van der Waals surface area (Å²) in [5, 5.41) is 24.5. The Hall–Kier alpha value is -7.39. The molecule has 0 amide bonds. The molecule has 0 fully saturated rings. The van der Waals surface area contributed by atoms with Gasteiger partial charge >= 0.3 is 0 Å². The van der Waals surface area contributed by atoms with E-state index in [1.807, 2.05) is 72.8 Å². The maximum Gasteiger partial charge on any atom is 0.189 e. The molecule has 2 aromatic heterocycles. The summed E-state index contributed by atoms with van der Waals surface area (Å²) in [6.45, 7) is 7.86. The van der Waals surface area contributed by atoms with Crippen LogP contribution in [0.15, 0.2) is 152 Å². The van der Waals surface area contributed by atoms with Crippen molar-refractivity contribution in [3.05, 3.63) is 174 Å². The van der Waals surface area contributed by atoms with Crippen molar-refractivity contribution in [2.75, 3.05) is 0 Å². The maximum atomic E-state index is 10.6. The lowest BCUT2D eigenvalue weighted by Gasteiger charge is -2.18. The van der Waals surface area contributed by atoms with Crippen molar-refractivity contribution < 1.29 is 0 Å². The van der Waals surface area contributed by atoms with E-state index in [-0.39, 0.29) is 0 Å². The Balaban J connectivity index is 1.26. The van der Waals surface area contributed by atoms with Crippen LogP contribution < -0.4 is 0 Å². The zero-order valence-electron chi connectivity index (χ0n) is 26.7.